The second-order valence-corrected chi connectivity index (χ2v) is 3.52. The van der Waals surface area contributed by atoms with E-state index in [9.17, 15) is 0 Å². The molecule has 0 nitrogen and oxygen atoms in total. The van der Waals surface area contributed by atoms with E-state index in [1.165, 1.54) is 4.90 Å². The Morgan fingerprint density at radius 1 is 1.22 bits per heavy atom. The SMILES string of the molecule is [Si]CSc1ccccc1. The third-order valence-electron chi connectivity index (χ3n) is 0.982. The van der Waals surface area contributed by atoms with Crippen LogP contribution in [0.2, 0.25) is 0 Å². The smallest absolute Gasteiger partial charge is 0.0372 e. The van der Waals surface area contributed by atoms with Crippen LogP contribution in [0.3, 0.4) is 0 Å². The summed E-state index contributed by atoms with van der Waals surface area (Å²) in [4.78, 5) is 1.31. The summed E-state index contributed by atoms with van der Waals surface area (Å²) in [6, 6.07) is 10.3. The fourth-order valence-electron chi connectivity index (χ4n) is 0.600. The number of hydrogen-bond acceptors (Lipinski definition) is 1. The molecule has 0 bridgehead atoms. The van der Waals surface area contributed by atoms with Crippen LogP contribution in [0, 0.1) is 0 Å². The van der Waals surface area contributed by atoms with Crippen LogP contribution in [0.5, 0.6) is 0 Å². The van der Waals surface area contributed by atoms with Gasteiger partial charge in [-0.05, 0) is 17.5 Å². The van der Waals surface area contributed by atoms with Gasteiger partial charge in [0.15, 0.2) is 0 Å². The molecule has 9 heavy (non-hydrogen) atoms. The summed E-state index contributed by atoms with van der Waals surface area (Å²) in [6.45, 7) is 0. The Morgan fingerprint density at radius 2 is 1.89 bits per heavy atom. The van der Waals surface area contributed by atoms with Crippen LogP contribution in [0.4, 0.5) is 0 Å². The summed E-state index contributed by atoms with van der Waals surface area (Å²) in [5, 5.41) is 0.962. The van der Waals surface area contributed by atoms with Crippen molar-refractivity contribution in [2.75, 3.05) is 5.38 Å². The van der Waals surface area contributed by atoms with Crippen LogP contribution in [-0.4, -0.2) is 15.6 Å². The standard InChI is InChI=1S/C7H7SSi/c9-6-8-7-4-2-1-3-5-7/h1-5H,6H2. The van der Waals surface area contributed by atoms with E-state index in [4.69, 9.17) is 0 Å². The monoisotopic (exact) mass is 151 g/mol. The van der Waals surface area contributed by atoms with Crippen LogP contribution >= 0.6 is 11.8 Å². The molecule has 1 aromatic carbocycles. The Labute approximate surface area is 63.1 Å². The van der Waals surface area contributed by atoms with Gasteiger partial charge in [-0.2, -0.15) is 0 Å². The van der Waals surface area contributed by atoms with E-state index >= 15 is 0 Å². The molecule has 0 aromatic heterocycles. The van der Waals surface area contributed by atoms with Crippen molar-refractivity contribution < 1.29 is 0 Å². The molecule has 0 spiro atoms. The van der Waals surface area contributed by atoms with Crippen LogP contribution in [0.1, 0.15) is 0 Å². The van der Waals surface area contributed by atoms with E-state index in [2.05, 4.69) is 22.4 Å². The lowest BCUT2D eigenvalue weighted by Gasteiger charge is -1.93. The highest BCUT2D eigenvalue weighted by Crippen LogP contribution is 2.14. The maximum absolute atomic E-state index is 3.39. The predicted octanol–water partition coefficient (Wildman–Crippen LogP) is 1.90. The first-order chi connectivity index (χ1) is 4.43. The Bertz CT molecular complexity index is 162. The van der Waals surface area contributed by atoms with Gasteiger partial charge in [-0.3, -0.25) is 0 Å². The normalized spacial score (nSPS) is 9.44. The van der Waals surface area contributed by atoms with Gasteiger partial charge in [0.05, 0.1) is 0 Å². The van der Waals surface area contributed by atoms with Crippen LogP contribution < -0.4 is 0 Å². The topological polar surface area (TPSA) is 0 Å². The molecule has 1 aromatic rings. The van der Waals surface area contributed by atoms with Gasteiger partial charge >= 0.3 is 0 Å². The van der Waals surface area contributed by atoms with E-state index in [1.54, 1.807) is 11.8 Å². The molecule has 0 saturated carbocycles. The summed E-state index contributed by atoms with van der Waals surface area (Å²) in [5.74, 6) is 0. The van der Waals surface area contributed by atoms with Gasteiger partial charge in [0.25, 0.3) is 0 Å². The van der Waals surface area contributed by atoms with Gasteiger partial charge in [0, 0.05) is 15.1 Å². The first-order valence-electron chi connectivity index (χ1n) is 2.76. The van der Waals surface area contributed by atoms with Crippen molar-refractivity contribution in [2.24, 2.45) is 0 Å². The highest BCUT2D eigenvalue weighted by molar-refractivity contribution is 8.00. The lowest BCUT2D eigenvalue weighted by molar-refractivity contribution is 1.47. The molecule has 0 aliphatic carbocycles. The van der Waals surface area contributed by atoms with Gasteiger partial charge in [-0.1, -0.05) is 18.2 Å². The minimum Gasteiger partial charge on any atom is -0.130 e. The van der Waals surface area contributed by atoms with Crippen LogP contribution in [0.15, 0.2) is 35.2 Å². The molecular weight excluding hydrogens is 144 g/mol. The molecule has 3 radical (unpaired) electrons. The van der Waals surface area contributed by atoms with Gasteiger partial charge < -0.3 is 0 Å². The lowest BCUT2D eigenvalue weighted by atomic mass is 10.4. The molecule has 0 fully saturated rings. The number of hydrogen-bond donors (Lipinski definition) is 0. The summed E-state index contributed by atoms with van der Waals surface area (Å²) in [6.07, 6.45) is 0. The summed E-state index contributed by atoms with van der Waals surface area (Å²) in [5.41, 5.74) is 0. The van der Waals surface area contributed by atoms with Crippen molar-refractivity contribution in [3.05, 3.63) is 30.3 Å². The molecule has 0 saturated heterocycles. The summed E-state index contributed by atoms with van der Waals surface area (Å²) in [7, 11) is 3.39. The van der Waals surface area contributed by atoms with Crippen molar-refractivity contribution in [3.8, 4) is 0 Å². The summed E-state index contributed by atoms with van der Waals surface area (Å²) >= 11 is 1.79. The zero-order valence-corrected chi connectivity index (χ0v) is 6.82. The average Bonchev–Trinajstić information content (AvgIpc) is 1.91. The van der Waals surface area contributed by atoms with Crippen LogP contribution in [-0.2, 0) is 0 Å². The van der Waals surface area contributed by atoms with E-state index < -0.39 is 0 Å². The van der Waals surface area contributed by atoms with Gasteiger partial charge in [0.2, 0.25) is 0 Å². The molecule has 0 aliphatic rings. The number of rotatable bonds is 2. The first kappa shape index (κ1) is 6.90. The lowest BCUT2D eigenvalue weighted by Crippen LogP contribution is -1.73. The van der Waals surface area contributed by atoms with Crippen molar-refractivity contribution in [1.82, 2.24) is 0 Å². The highest BCUT2D eigenvalue weighted by Gasteiger charge is 1.84. The van der Waals surface area contributed by atoms with Gasteiger partial charge in [-0.25, -0.2) is 0 Å². The molecule has 1 rings (SSSR count). The van der Waals surface area contributed by atoms with Crippen LogP contribution in [0.25, 0.3) is 0 Å². The van der Waals surface area contributed by atoms with Crippen molar-refractivity contribution >= 4 is 22.0 Å². The maximum atomic E-state index is 3.39. The van der Waals surface area contributed by atoms with Crippen molar-refractivity contribution in [2.45, 2.75) is 4.90 Å². The summed E-state index contributed by atoms with van der Waals surface area (Å²) < 4.78 is 0. The third-order valence-corrected chi connectivity index (χ3v) is 2.16. The minimum absolute atomic E-state index is 0.962. The Kier molecular flexibility index (Phi) is 2.87. The largest absolute Gasteiger partial charge is 0.130 e. The van der Waals surface area contributed by atoms with Crippen molar-refractivity contribution in [3.63, 3.8) is 0 Å². The third kappa shape index (κ3) is 2.24. The zero-order chi connectivity index (χ0) is 6.53. The Hall–Kier alpha value is -0.213. The molecule has 0 amide bonds. The highest BCUT2D eigenvalue weighted by atomic mass is 32.2. The number of thioether (sulfide) groups is 1. The maximum Gasteiger partial charge on any atom is 0.0372 e. The fraction of sp³-hybridized carbons (Fsp3) is 0.143. The molecule has 2 heteroatoms. The first-order valence-corrected chi connectivity index (χ1v) is 4.45. The predicted molar refractivity (Wildman–Crippen MR) is 42.9 cm³/mol. The van der Waals surface area contributed by atoms with E-state index in [0.29, 0.717) is 0 Å². The molecule has 0 aliphatic heterocycles. The molecular formula is C7H7SSi. The fourth-order valence-corrected chi connectivity index (χ4v) is 1.62. The van der Waals surface area contributed by atoms with Crippen molar-refractivity contribution in [1.29, 1.82) is 0 Å². The molecule has 0 N–H and O–H groups in total. The Morgan fingerprint density at radius 3 is 2.44 bits per heavy atom. The van der Waals surface area contributed by atoms with E-state index in [0.717, 1.165) is 5.38 Å². The quantitative estimate of drug-likeness (QED) is 0.459. The molecule has 0 unspecified atom stereocenters. The molecule has 45 valence electrons. The molecule has 0 atom stereocenters. The second-order valence-electron chi connectivity index (χ2n) is 1.60. The second kappa shape index (κ2) is 3.74. The minimum atomic E-state index is 0.962. The average molecular weight is 151 g/mol. The van der Waals surface area contributed by atoms with E-state index in [1.807, 2.05) is 18.2 Å². The Balaban J connectivity index is 2.61. The van der Waals surface area contributed by atoms with Gasteiger partial charge in [-0.15, -0.1) is 11.8 Å². The van der Waals surface area contributed by atoms with Gasteiger partial charge in [0.1, 0.15) is 0 Å². The van der Waals surface area contributed by atoms with E-state index in [-0.39, 0.29) is 0 Å². The number of benzene rings is 1. The molecule has 0 heterocycles. The zero-order valence-electron chi connectivity index (χ0n) is 5.00.